The van der Waals surface area contributed by atoms with Gasteiger partial charge in [-0.05, 0) is 18.8 Å². The quantitative estimate of drug-likeness (QED) is 0.673. The van der Waals surface area contributed by atoms with Crippen molar-refractivity contribution >= 4 is 17.6 Å². The summed E-state index contributed by atoms with van der Waals surface area (Å²) in [5, 5.41) is 0.971. The van der Waals surface area contributed by atoms with Crippen LogP contribution in [0.2, 0.25) is 0 Å². The lowest BCUT2D eigenvalue weighted by atomic mass is 9.66. The van der Waals surface area contributed by atoms with Crippen LogP contribution in [0, 0.1) is 23.7 Å². The molecule has 4 heteroatoms. The number of rotatable bonds is 1. The molecule has 17 heavy (non-hydrogen) atoms. The van der Waals surface area contributed by atoms with Crippen LogP contribution in [0.3, 0.4) is 0 Å². The second kappa shape index (κ2) is 3.27. The van der Waals surface area contributed by atoms with E-state index in [2.05, 4.69) is 6.08 Å². The predicted octanol–water partition coefficient (Wildman–Crippen LogP) is 2.09. The van der Waals surface area contributed by atoms with Gasteiger partial charge in [0.05, 0.1) is 12.2 Å². The van der Waals surface area contributed by atoms with Crippen LogP contribution in [0.4, 0.5) is 0 Å². The molecule has 5 aliphatic rings. The molecule has 0 amide bonds. The van der Waals surface area contributed by atoms with Gasteiger partial charge in [-0.1, -0.05) is 17.7 Å². The summed E-state index contributed by atoms with van der Waals surface area (Å²) in [6, 6.07) is 0. The monoisotopic (exact) mass is 254 g/mol. The predicted molar refractivity (Wildman–Crippen MR) is 61.3 cm³/mol. The minimum atomic E-state index is -0.167. The number of allylic oxidation sites excluding steroid dienone is 1. The Morgan fingerprint density at radius 2 is 2.35 bits per heavy atom. The summed E-state index contributed by atoms with van der Waals surface area (Å²) in [5.74, 6) is 1.47. The van der Waals surface area contributed by atoms with Gasteiger partial charge in [-0.15, -0.1) is 0 Å². The fourth-order valence-corrected chi connectivity index (χ4v) is 4.89. The van der Waals surface area contributed by atoms with E-state index in [0.717, 1.165) is 17.9 Å². The average Bonchev–Trinajstić information content (AvgIpc) is 2.69. The van der Waals surface area contributed by atoms with Crippen molar-refractivity contribution in [3.63, 3.8) is 0 Å². The Morgan fingerprint density at radius 1 is 1.53 bits per heavy atom. The highest BCUT2D eigenvalue weighted by Gasteiger charge is 2.66. The summed E-state index contributed by atoms with van der Waals surface area (Å²) < 4.78 is 11.6. The van der Waals surface area contributed by atoms with Gasteiger partial charge in [0.25, 0.3) is 0 Å². The van der Waals surface area contributed by atoms with E-state index in [4.69, 9.17) is 21.1 Å². The number of esters is 1. The lowest BCUT2D eigenvalue weighted by Crippen LogP contribution is -2.48. The molecule has 3 nitrogen and oxygen atoms in total. The molecule has 3 aliphatic carbocycles. The van der Waals surface area contributed by atoms with Crippen LogP contribution in [0.1, 0.15) is 19.8 Å². The summed E-state index contributed by atoms with van der Waals surface area (Å²) in [7, 11) is 0. The molecule has 7 unspecified atom stereocenters. The fraction of sp³-hybridized carbons (Fsp3) is 0.769. The van der Waals surface area contributed by atoms with Crippen LogP contribution in [0.15, 0.2) is 11.1 Å². The van der Waals surface area contributed by atoms with Crippen LogP contribution in [0.25, 0.3) is 0 Å². The molecule has 0 radical (unpaired) electrons. The molecule has 2 saturated carbocycles. The largest absolute Gasteiger partial charge is 0.462 e. The van der Waals surface area contributed by atoms with Crippen LogP contribution < -0.4 is 0 Å². The summed E-state index contributed by atoms with van der Waals surface area (Å²) >= 11 is 6.21. The van der Waals surface area contributed by atoms with Crippen LogP contribution in [-0.2, 0) is 14.3 Å². The van der Waals surface area contributed by atoms with E-state index in [1.54, 1.807) is 0 Å². The first kappa shape index (κ1) is 10.4. The van der Waals surface area contributed by atoms with Gasteiger partial charge in [0.15, 0.2) is 0 Å². The summed E-state index contributed by atoms with van der Waals surface area (Å²) in [5.41, 5.74) is 0. The van der Waals surface area contributed by atoms with Crippen molar-refractivity contribution in [3.8, 4) is 0 Å². The van der Waals surface area contributed by atoms with Crippen LogP contribution >= 0.6 is 11.6 Å². The number of hydrogen-bond acceptors (Lipinski definition) is 3. The van der Waals surface area contributed by atoms with E-state index in [1.165, 1.54) is 6.92 Å². The second-order valence-electron chi connectivity index (χ2n) is 5.75. The molecule has 2 saturated heterocycles. The van der Waals surface area contributed by atoms with Crippen molar-refractivity contribution in [2.45, 2.75) is 38.1 Å². The average molecular weight is 255 g/mol. The third-order valence-corrected chi connectivity index (χ3v) is 5.24. The van der Waals surface area contributed by atoms with Crippen molar-refractivity contribution < 1.29 is 14.3 Å². The molecule has 0 aromatic carbocycles. The number of carbonyl (C=O) groups excluding carboxylic acids is 1. The molecule has 0 aromatic rings. The molecule has 2 aliphatic heterocycles. The zero-order valence-electron chi connectivity index (χ0n) is 9.64. The van der Waals surface area contributed by atoms with Crippen LogP contribution in [-0.4, -0.2) is 24.3 Å². The molecule has 92 valence electrons. The molecule has 0 N–H and O–H groups in total. The maximum atomic E-state index is 11.2. The zero-order chi connectivity index (χ0) is 11.7. The van der Waals surface area contributed by atoms with E-state index in [1.807, 2.05) is 0 Å². The molecule has 7 atom stereocenters. The highest BCUT2D eigenvalue weighted by Crippen LogP contribution is 2.61. The number of halogens is 1. The highest BCUT2D eigenvalue weighted by atomic mass is 35.5. The lowest BCUT2D eigenvalue weighted by Gasteiger charge is -2.44. The maximum absolute atomic E-state index is 11.2. The minimum absolute atomic E-state index is 0.0623. The van der Waals surface area contributed by atoms with Gasteiger partial charge in [0.2, 0.25) is 0 Å². The number of hydrogen-bond donors (Lipinski definition) is 0. The lowest BCUT2D eigenvalue weighted by molar-refractivity contribution is -0.156. The van der Waals surface area contributed by atoms with Gasteiger partial charge in [-0.25, -0.2) is 0 Å². The van der Waals surface area contributed by atoms with Gasteiger partial charge < -0.3 is 9.47 Å². The van der Waals surface area contributed by atoms with E-state index in [-0.39, 0.29) is 12.1 Å². The fourth-order valence-electron chi connectivity index (χ4n) is 4.57. The maximum Gasteiger partial charge on any atom is 0.302 e. The molecule has 5 rings (SSSR count). The third kappa shape index (κ3) is 1.24. The minimum Gasteiger partial charge on any atom is -0.462 e. The molecule has 0 spiro atoms. The Hall–Kier alpha value is -0.540. The smallest absolute Gasteiger partial charge is 0.302 e. The van der Waals surface area contributed by atoms with Crippen molar-refractivity contribution in [2.75, 3.05) is 0 Å². The normalized spacial score (nSPS) is 53.8. The Balaban J connectivity index is 1.74. The summed E-state index contributed by atoms with van der Waals surface area (Å²) in [6.45, 7) is 1.50. The van der Waals surface area contributed by atoms with Crippen molar-refractivity contribution in [2.24, 2.45) is 23.7 Å². The topological polar surface area (TPSA) is 35.5 Å². The molecular weight excluding hydrogens is 240 g/mol. The Bertz CT molecular complexity index is 419. The molecular formula is C13H15ClO3. The summed E-state index contributed by atoms with van der Waals surface area (Å²) in [6.07, 6.45) is 4.76. The molecule has 0 aromatic heterocycles. The van der Waals surface area contributed by atoms with Gasteiger partial charge in [-0.3, -0.25) is 4.79 Å². The standard InChI is InChI=1S/C13H15ClO3/c1-5(15)16-13-8-4-10-11(13)9-3-6(14)2-7(8)12(9)17-10/h2,7-13H,3-4H2,1H3. The van der Waals surface area contributed by atoms with Crippen LogP contribution in [0.5, 0.6) is 0 Å². The van der Waals surface area contributed by atoms with Crippen molar-refractivity contribution in [3.05, 3.63) is 11.1 Å². The molecule has 4 fully saturated rings. The van der Waals surface area contributed by atoms with Crippen molar-refractivity contribution in [1.82, 2.24) is 0 Å². The molecule has 6 bridgehead atoms. The first-order valence-corrected chi connectivity index (χ1v) is 6.72. The Kier molecular flexibility index (Phi) is 2.00. The SMILES string of the molecule is CC(=O)OC1C2CC3OC4C2C=C(Cl)CC4C31. The Labute approximate surface area is 105 Å². The van der Waals surface area contributed by atoms with Gasteiger partial charge in [-0.2, -0.15) is 0 Å². The Morgan fingerprint density at radius 3 is 3.12 bits per heavy atom. The summed E-state index contributed by atoms with van der Waals surface area (Å²) in [4.78, 5) is 11.2. The van der Waals surface area contributed by atoms with Crippen molar-refractivity contribution in [1.29, 1.82) is 0 Å². The second-order valence-corrected chi connectivity index (χ2v) is 6.23. The van der Waals surface area contributed by atoms with Gasteiger partial charge in [0.1, 0.15) is 6.10 Å². The third-order valence-electron chi connectivity index (χ3n) is 4.96. The highest BCUT2D eigenvalue weighted by molar-refractivity contribution is 6.29. The number of ether oxygens (including phenoxy) is 2. The van der Waals surface area contributed by atoms with E-state index >= 15 is 0 Å². The van der Waals surface area contributed by atoms with Gasteiger partial charge in [0, 0.05) is 29.7 Å². The molecule has 2 heterocycles. The van der Waals surface area contributed by atoms with Gasteiger partial charge >= 0.3 is 5.97 Å². The first-order valence-electron chi connectivity index (χ1n) is 6.34. The zero-order valence-corrected chi connectivity index (χ0v) is 10.4. The van der Waals surface area contributed by atoms with E-state index in [0.29, 0.717) is 35.9 Å². The number of carbonyl (C=O) groups is 1. The van der Waals surface area contributed by atoms with E-state index < -0.39 is 0 Å². The first-order chi connectivity index (χ1) is 8.15. The van der Waals surface area contributed by atoms with E-state index in [9.17, 15) is 4.79 Å².